The number of rotatable bonds is 10. The summed E-state index contributed by atoms with van der Waals surface area (Å²) in [6, 6.07) is 9.45. The summed E-state index contributed by atoms with van der Waals surface area (Å²) < 4.78 is 17.0. The lowest BCUT2D eigenvalue weighted by Crippen LogP contribution is -2.36. The maximum atomic E-state index is 14.5. The van der Waals surface area contributed by atoms with E-state index >= 15 is 0 Å². The Kier molecular flexibility index (Phi) is 8.55. The third-order valence-electron chi connectivity index (χ3n) is 6.86. The molecule has 0 saturated carbocycles. The van der Waals surface area contributed by atoms with Crippen LogP contribution in [-0.4, -0.2) is 26.5 Å². The number of nitrogens with two attached hydrogens (primary N) is 1. The number of fused-ring (bicyclic) bond motifs is 2. The van der Waals surface area contributed by atoms with E-state index in [1.807, 2.05) is 32.1 Å². The van der Waals surface area contributed by atoms with E-state index in [0.717, 1.165) is 26.3 Å². The molecule has 4 aromatic rings. The minimum atomic E-state index is -0.647. The number of aromatic nitrogens is 3. The van der Waals surface area contributed by atoms with Gasteiger partial charge in [0.2, 0.25) is 5.91 Å². The van der Waals surface area contributed by atoms with E-state index in [2.05, 4.69) is 27.2 Å². The fraction of sp³-hybridized carbons (Fsp3) is 0.267. The van der Waals surface area contributed by atoms with Gasteiger partial charge in [-0.05, 0) is 38.0 Å². The van der Waals surface area contributed by atoms with Crippen molar-refractivity contribution in [2.75, 3.05) is 11.1 Å². The SMILES string of the molecule is C=C(S/C(=C\CC)c1ccccc1F)C(C)Nc1cnc2n(c1=O)C(C(=O)NCc1cc3cnc(N)cc3s1)CC2. The minimum absolute atomic E-state index is 0.229. The van der Waals surface area contributed by atoms with Gasteiger partial charge in [-0.1, -0.05) is 49.5 Å². The van der Waals surface area contributed by atoms with Crippen LogP contribution in [0.15, 0.2) is 71.1 Å². The van der Waals surface area contributed by atoms with Gasteiger partial charge >= 0.3 is 0 Å². The first-order chi connectivity index (χ1) is 19.7. The van der Waals surface area contributed by atoms with Crippen molar-refractivity contribution in [3.63, 3.8) is 0 Å². The van der Waals surface area contributed by atoms with Crippen LogP contribution in [0.25, 0.3) is 15.0 Å². The van der Waals surface area contributed by atoms with Crippen molar-refractivity contribution in [1.29, 1.82) is 0 Å². The Hall–Kier alpha value is -3.96. The molecule has 1 aliphatic heterocycles. The molecule has 4 N–H and O–H groups in total. The Morgan fingerprint density at radius 1 is 1.32 bits per heavy atom. The molecule has 0 radical (unpaired) electrons. The van der Waals surface area contributed by atoms with Crippen LogP contribution in [0.1, 0.15) is 49.0 Å². The summed E-state index contributed by atoms with van der Waals surface area (Å²) >= 11 is 2.91. The highest BCUT2D eigenvalue weighted by molar-refractivity contribution is 8.11. The Labute approximate surface area is 245 Å². The van der Waals surface area contributed by atoms with E-state index in [9.17, 15) is 14.0 Å². The number of benzene rings is 1. The number of hydrogen-bond acceptors (Lipinski definition) is 8. The molecule has 2 atom stereocenters. The predicted octanol–water partition coefficient (Wildman–Crippen LogP) is 5.88. The van der Waals surface area contributed by atoms with Gasteiger partial charge in [0.25, 0.3) is 5.56 Å². The number of nitrogens with one attached hydrogen (secondary N) is 2. The molecule has 0 aliphatic carbocycles. The van der Waals surface area contributed by atoms with Gasteiger partial charge in [-0.15, -0.1) is 11.3 Å². The van der Waals surface area contributed by atoms with Crippen LogP contribution in [0.5, 0.6) is 0 Å². The van der Waals surface area contributed by atoms with E-state index < -0.39 is 6.04 Å². The number of allylic oxidation sites excluding steroid dienone is 1. The maximum absolute atomic E-state index is 14.5. The van der Waals surface area contributed by atoms with E-state index in [4.69, 9.17) is 5.73 Å². The van der Waals surface area contributed by atoms with Crippen LogP contribution < -0.4 is 21.9 Å². The smallest absolute Gasteiger partial charge is 0.277 e. The van der Waals surface area contributed by atoms with Gasteiger partial charge < -0.3 is 16.4 Å². The first kappa shape index (κ1) is 28.6. The molecule has 0 bridgehead atoms. The average molecular weight is 591 g/mol. The van der Waals surface area contributed by atoms with Crippen molar-refractivity contribution >= 4 is 55.5 Å². The second-order valence-corrected chi connectivity index (χ2v) is 12.1. The van der Waals surface area contributed by atoms with Gasteiger partial charge in [-0.25, -0.2) is 14.4 Å². The summed E-state index contributed by atoms with van der Waals surface area (Å²) in [7, 11) is 0. The topological polar surface area (TPSA) is 115 Å². The van der Waals surface area contributed by atoms with E-state index in [-0.39, 0.29) is 29.0 Å². The number of hydrogen-bond donors (Lipinski definition) is 3. The summed E-state index contributed by atoms with van der Waals surface area (Å²) in [5.74, 6) is 0.505. The maximum Gasteiger partial charge on any atom is 0.277 e. The summed E-state index contributed by atoms with van der Waals surface area (Å²) in [4.78, 5) is 37.7. The van der Waals surface area contributed by atoms with Crippen LogP contribution >= 0.6 is 23.1 Å². The Bertz CT molecular complexity index is 1710. The first-order valence-electron chi connectivity index (χ1n) is 13.4. The molecule has 2 unspecified atom stereocenters. The normalized spacial score (nSPS) is 15.5. The van der Waals surface area contributed by atoms with Crippen molar-refractivity contribution in [3.8, 4) is 0 Å². The third kappa shape index (κ3) is 6.20. The number of nitrogens with zero attached hydrogens (tertiary/aromatic N) is 3. The molecular formula is C30H31FN6O2S2. The lowest BCUT2D eigenvalue weighted by atomic mass is 10.2. The molecule has 4 heterocycles. The molecule has 5 rings (SSSR count). The third-order valence-corrected chi connectivity index (χ3v) is 9.18. The molecule has 0 fully saturated rings. The molecule has 1 aromatic carbocycles. The number of nitrogen functional groups attached to an aromatic ring is 1. The molecule has 11 heteroatoms. The Balaban J connectivity index is 1.27. The average Bonchev–Trinajstić information content (AvgIpc) is 3.57. The van der Waals surface area contributed by atoms with Gasteiger partial charge in [0.15, 0.2) is 0 Å². The van der Waals surface area contributed by atoms with E-state index in [1.165, 1.54) is 28.6 Å². The molecule has 212 valence electrons. The van der Waals surface area contributed by atoms with E-state index in [1.54, 1.807) is 35.7 Å². The van der Waals surface area contributed by atoms with Crippen LogP contribution in [-0.2, 0) is 17.8 Å². The van der Waals surface area contributed by atoms with Crippen LogP contribution in [0.3, 0.4) is 0 Å². The van der Waals surface area contributed by atoms with Crippen LogP contribution in [0.4, 0.5) is 15.9 Å². The second kappa shape index (κ2) is 12.3. The molecule has 1 aliphatic rings. The zero-order chi connectivity index (χ0) is 29.1. The zero-order valence-electron chi connectivity index (χ0n) is 22.8. The number of carbonyl (C=O) groups is 1. The highest BCUT2D eigenvalue weighted by Gasteiger charge is 2.31. The number of halogens is 1. The fourth-order valence-electron chi connectivity index (χ4n) is 4.73. The number of anilines is 2. The molecule has 0 spiro atoms. The van der Waals surface area contributed by atoms with Crippen molar-refractivity contribution in [3.05, 3.63) is 98.8 Å². The summed E-state index contributed by atoms with van der Waals surface area (Å²) in [6.45, 7) is 8.40. The number of thioether (sulfide) groups is 1. The Morgan fingerprint density at radius 2 is 2.12 bits per heavy atom. The predicted molar refractivity (Wildman–Crippen MR) is 166 cm³/mol. The molecule has 41 heavy (non-hydrogen) atoms. The highest BCUT2D eigenvalue weighted by Crippen LogP contribution is 2.36. The van der Waals surface area contributed by atoms with Crippen LogP contribution in [0, 0.1) is 5.82 Å². The number of thiophene rings is 1. The summed E-state index contributed by atoms with van der Waals surface area (Å²) in [5, 5.41) is 7.15. The van der Waals surface area contributed by atoms with Crippen molar-refractivity contribution in [2.45, 2.75) is 51.7 Å². The second-order valence-electron chi connectivity index (χ2n) is 9.79. The van der Waals surface area contributed by atoms with Crippen molar-refractivity contribution in [2.24, 2.45) is 0 Å². The number of pyridine rings is 1. The first-order valence-corrected chi connectivity index (χ1v) is 15.0. The summed E-state index contributed by atoms with van der Waals surface area (Å²) in [5.41, 5.74) is 6.27. The van der Waals surface area contributed by atoms with Gasteiger partial charge in [-0.3, -0.25) is 14.2 Å². The van der Waals surface area contributed by atoms with Gasteiger partial charge in [0.1, 0.15) is 29.2 Å². The van der Waals surface area contributed by atoms with Gasteiger partial charge in [0.05, 0.1) is 18.8 Å². The number of amides is 1. The van der Waals surface area contributed by atoms with E-state index in [0.29, 0.717) is 41.5 Å². The van der Waals surface area contributed by atoms with Gasteiger partial charge in [0, 0.05) is 43.0 Å². The monoisotopic (exact) mass is 590 g/mol. The largest absolute Gasteiger partial charge is 0.384 e. The van der Waals surface area contributed by atoms with Gasteiger partial charge in [-0.2, -0.15) is 0 Å². The lowest BCUT2D eigenvalue weighted by Gasteiger charge is -2.20. The quantitative estimate of drug-likeness (QED) is 0.211. The molecular weight excluding hydrogens is 560 g/mol. The number of carbonyl (C=O) groups excluding carboxylic acids is 1. The summed E-state index contributed by atoms with van der Waals surface area (Å²) in [6.07, 6.45) is 6.96. The van der Waals surface area contributed by atoms with Crippen LogP contribution in [0.2, 0.25) is 0 Å². The highest BCUT2D eigenvalue weighted by atomic mass is 32.2. The number of aryl methyl sites for hydroxylation is 1. The standard InChI is InChI=1S/C30H31FN6O2S2/c1-4-7-25(21-8-5-6-9-22(21)31)40-18(3)17(2)36-23-16-34-28-11-10-24(37(28)30(23)39)29(38)35-15-20-12-19-14-33-27(32)13-26(19)41-20/h5-9,12-14,16-17,24,36H,3-4,10-11,15H2,1-2H3,(H2,32,33)(H,35,38)/b25-7-. The van der Waals surface area contributed by atoms with Crippen molar-refractivity contribution in [1.82, 2.24) is 19.9 Å². The molecule has 1 amide bonds. The Morgan fingerprint density at radius 3 is 2.90 bits per heavy atom. The fourth-order valence-corrected chi connectivity index (χ4v) is 6.80. The molecule has 8 nitrogen and oxygen atoms in total. The zero-order valence-corrected chi connectivity index (χ0v) is 24.4. The molecule has 0 saturated heterocycles. The molecule has 3 aromatic heterocycles. The van der Waals surface area contributed by atoms with Crippen molar-refractivity contribution < 1.29 is 9.18 Å². The lowest BCUT2D eigenvalue weighted by molar-refractivity contribution is -0.124. The minimum Gasteiger partial charge on any atom is -0.384 e.